The third kappa shape index (κ3) is 4.03. The van der Waals surface area contributed by atoms with E-state index in [4.69, 9.17) is 5.73 Å². The van der Waals surface area contributed by atoms with Crippen LogP contribution < -0.4 is 11.1 Å². The van der Waals surface area contributed by atoms with Crippen LogP contribution in [0.4, 0.5) is 5.82 Å². The molecule has 0 bridgehead atoms. The minimum absolute atomic E-state index is 0.0496. The Morgan fingerprint density at radius 1 is 1.14 bits per heavy atom. The molecule has 0 aliphatic carbocycles. The van der Waals surface area contributed by atoms with Gasteiger partial charge in [-0.2, -0.15) is 0 Å². The molecule has 2 aromatic rings. The highest BCUT2D eigenvalue weighted by molar-refractivity contribution is 5.93. The van der Waals surface area contributed by atoms with Gasteiger partial charge in [-0.25, -0.2) is 4.98 Å². The lowest BCUT2D eigenvalue weighted by Gasteiger charge is -2.11. The van der Waals surface area contributed by atoms with Gasteiger partial charge in [0.2, 0.25) is 0 Å². The van der Waals surface area contributed by atoms with Crippen LogP contribution in [0.3, 0.4) is 0 Å². The van der Waals surface area contributed by atoms with Gasteiger partial charge in [0, 0.05) is 33.4 Å². The Kier molecular flexibility index (Phi) is 4.90. The van der Waals surface area contributed by atoms with Crippen molar-refractivity contribution in [3.63, 3.8) is 0 Å². The van der Waals surface area contributed by atoms with Gasteiger partial charge in [0.25, 0.3) is 5.91 Å². The molecule has 0 unspecified atom stereocenters. The van der Waals surface area contributed by atoms with Crippen LogP contribution in [0.1, 0.15) is 21.5 Å². The Morgan fingerprint density at radius 3 is 2.33 bits per heavy atom. The fourth-order valence-electron chi connectivity index (χ4n) is 1.87. The van der Waals surface area contributed by atoms with Gasteiger partial charge in [-0.1, -0.05) is 24.3 Å². The Bertz CT molecular complexity index is 591. The predicted octanol–water partition coefficient (Wildman–Crippen LogP) is 1.85. The van der Waals surface area contributed by atoms with Crippen molar-refractivity contribution in [3.8, 4) is 0 Å². The number of benzene rings is 1. The molecule has 0 fully saturated rings. The van der Waals surface area contributed by atoms with Crippen LogP contribution in [-0.2, 0) is 13.1 Å². The van der Waals surface area contributed by atoms with E-state index in [0.29, 0.717) is 18.7 Å². The zero-order valence-electron chi connectivity index (χ0n) is 12.3. The van der Waals surface area contributed by atoms with Crippen LogP contribution in [0.25, 0.3) is 0 Å². The zero-order valence-corrected chi connectivity index (χ0v) is 12.3. The van der Waals surface area contributed by atoms with E-state index in [-0.39, 0.29) is 5.91 Å². The molecule has 0 aliphatic heterocycles. The molecule has 5 heteroatoms. The van der Waals surface area contributed by atoms with Crippen molar-refractivity contribution in [3.05, 3.63) is 59.3 Å². The van der Waals surface area contributed by atoms with Crippen LogP contribution in [0, 0.1) is 0 Å². The summed E-state index contributed by atoms with van der Waals surface area (Å²) in [6.07, 6.45) is 1.59. The quantitative estimate of drug-likeness (QED) is 0.879. The minimum Gasteiger partial charge on any atom is -0.366 e. The molecule has 0 atom stereocenters. The van der Waals surface area contributed by atoms with Gasteiger partial charge >= 0.3 is 0 Å². The van der Waals surface area contributed by atoms with Crippen molar-refractivity contribution in [1.82, 2.24) is 9.88 Å². The topological polar surface area (TPSA) is 71.2 Å². The third-order valence-electron chi connectivity index (χ3n) is 3.15. The molecule has 0 saturated heterocycles. The average Bonchev–Trinajstić information content (AvgIpc) is 2.53. The maximum atomic E-state index is 11.8. The number of rotatable bonds is 5. The van der Waals surface area contributed by atoms with Gasteiger partial charge in [-0.3, -0.25) is 4.79 Å². The standard InChI is InChI=1S/C16H20N4O/c1-20(2)16(21)14-7-8-15(19-11-14)18-10-13-5-3-12(9-17)4-6-13/h3-8,11H,9-10,17H2,1-2H3,(H,18,19). The molecule has 110 valence electrons. The summed E-state index contributed by atoms with van der Waals surface area (Å²) >= 11 is 0. The third-order valence-corrected chi connectivity index (χ3v) is 3.15. The Balaban J connectivity index is 1.95. The summed E-state index contributed by atoms with van der Waals surface area (Å²) in [4.78, 5) is 17.5. The number of pyridine rings is 1. The van der Waals surface area contributed by atoms with Crippen molar-refractivity contribution in [1.29, 1.82) is 0 Å². The minimum atomic E-state index is -0.0496. The van der Waals surface area contributed by atoms with Gasteiger partial charge in [-0.15, -0.1) is 0 Å². The van der Waals surface area contributed by atoms with E-state index in [9.17, 15) is 4.79 Å². The van der Waals surface area contributed by atoms with E-state index < -0.39 is 0 Å². The second kappa shape index (κ2) is 6.85. The fraction of sp³-hybridized carbons (Fsp3) is 0.250. The van der Waals surface area contributed by atoms with Crippen molar-refractivity contribution in [2.75, 3.05) is 19.4 Å². The summed E-state index contributed by atoms with van der Waals surface area (Å²) in [7, 11) is 3.44. The zero-order chi connectivity index (χ0) is 15.2. The highest BCUT2D eigenvalue weighted by Gasteiger charge is 2.07. The second-order valence-electron chi connectivity index (χ2n) is 5.01. The molecule has 0 radical (unpaired) electrons. The average molecular weight is 284 g/mol. The van der Waals surface area contributed by atoms with E-state index in [0.717, 1.165) is 16.9 Å². The number of aromatic nitrogens is 1. The molecule has 5 nitrogen and oxygen atoms in total. The number of hydrogen-bond donors (Lipinski definition) is 2. The molecule has 0 saturated carbocycles. The van der Waals surface area contributed by atoms with Crippen LogP contribution in [0.5, 0.6) is 0 Å². The smallest absolute Gasteiger partial charge is 0.254 e. The Labute approximate surface area is 124 Å². The number of nitrogens with two attached hydrogens (primary N) is 1. The fourth-order valence-corrected chi connectivity index (χ4v) is 1.87. The Morgan fingerprint density at radius 2 is 1.81 bits per heavy atom. The van der Waals surface area contributed by atoms with E-state index >= 15 is 0 Å². The molecule has 0 spiro atoms. The lowest BCUT2D eigenvalue weighted by molar-refractivity contribution is 0.0827. The number of hydrogen-bond acceptors (Lipinski definition) is 4. The maximum Gasteiger partial charge on any atom is 0.254 e. The van der Waals surface area contributed by atoms with Gasteiger partial charge in [0.15, 0.2) is 0 Å². The van der Waals surface area contributed by atoms with Gasteiger partial charge in [-0.05, 0) is 23.3 Å². The SMILES string of the molecule is CN(C)C(=O)c1ccc(NCc2ccc(CN)cc2)nc1. The van der Waals surface area contributed by atoms with E-state index in [1.165, 1.54) is 4.90 Å². The highest BCUT2D eigenvalue weighted by Crippen LogP contribution is 2.09. The first kappa shape index (κ1) is 15.0. The molecule has 1 aromatic heterocycles. The second-order valence-corrected chi connectivity index (χ2v) is 5.01. The summed E-state index contributed by atoms with van der Waals surface area (Å²) in [5.74, 6) is 0.694. The summed E-state index contributed by atoms with van der Waals surface area (Å²) in [6, 6.07) is 11.7. The van der Waals surface area contributed by atoms with Crippen LogP contribution in [0.2, 0.25) is 0 Å². The number of anilines is 1. The molecular weight excluding hydrogens is 264 g/mol. The molecular formula is C16H20N4O. The largest absolute Gasteiger partial charge is 0.366 e. The van der Waals surface area contributed by atoms with Gasteiger partial charge < -0.3 is 16.0 Å². The normalized spacial score (nSPS) is 10.2. The molecule has 1 heterocycles. The van der Waals surface area contributed by atoms with Crippen molar-refractivity contribution in [2.24, 2.45) is 5.73 Å². The summed E-state index contributed by atoms with van der Waals surface area (Å²) in [6.45, 7) is 1.23. The summed E-state index contributed by atoms with van der Waals surface area (Å²) in [5, 5.41) is 3.23. The van der Waals surface area contributed by atoms with Crippen LogP contribution in [0.15, 0.2) is 42.6 Å². The number of amides is 1. The highest BCUT2D eigenvalue weighted by atomic mass is 16.2. The number of carbonyl (C=O) groups excluding carboxylic acids is 1. The van der Waals surface area contributed by atoms with Crippen LogP contribution >= 0.6 is 0 Å². The summed E-state index contributed by atoms with van der Waals surface area (Å²) in [5.41, 5.74) is 8.42. The molecule has 1 amide bonds. The first-order valence-corrected chi connectivity index (χ1v) is 6.79. The van der Waals surface area contributed by atoms with E-state index in [2.05, 4.69) is 10.3 Å². The molecule has 2 rings (SSSR count). The van der Waals surface area contributed by atoms with Crippen molar-refractivity contribution in [2.45, 2.75) is 13.1 Å². The van der Waals surface area contributed by atoms with E-state index in [1.54, 1.807) is 26.4 Å². The first-order chi connectivity index (χ1) is 10.1. The lowest BCUT2D eigenvalue weighted by atomic mass is 10.1. The molecule has 3 N–H and O–H groups in total. The number of nitrogens with one attached hydrogen (secondary N) is 1. The molecule has 1 aromatic carbocycles. The summed E-state index contributed by atoms with van der Waals surface area (Å²) < 4.78 is 0. The predicted molar refractivity (Wildman–Crippen MR) is 83.9 cm³/mol. The van der Waals surface area contributed by atoms with Crippen molar-refractivity contribution >= 4 is 11.7 Å². The Hall–Kier alpha value is -2.40. The van der Waals surface area contributed by atoms with Crippen molar-refractivity contribution < 1.29 is 4.79 Å². The number of nitrogens with zero attached hydrogens (tertiary/aromatic N) is 2. The van der Waals surface area contributed by atoms with Gasteiger partial charge in [0.05, 0.1) is 5.56 Å². The lowest BCUT2D eigenvalue weighted by Crippen LogP contribution is -2.21. The van der Waals surface area contributed by atoms with Gasteiger partial charge in [0.1, 0.15) is 5.82 Å². The molecule has 0 aliphatic rings. The molecule has 21 heavy (non-hydrogen) atoms. The van der Waals surface area contributed by atoms with E-state index in [1.807, 2.05) is 30.3 Å². The number of carbonyl (C=O) groups is 1. The first-order valence-electron chi connectivity index (χ1n) is 6.79. The van der Waals surface area contributed by atoms with Crippen LogP contribution in [-0.4, -0.2) is 29.9 Å². The maximum absolute atomic E-state index is 11.8. The monoisotopic (exact) mass is 284 g/mol.